The number of esters is 1. The number of carbonyl (C=O) groups excluding carboxylic acids is 1. The Bertz CT molecular complexity index is 640. The van der Waals surface area contributed by atoms with Crippen molar-refractivity contribution < 1.29 is 23.9 Å². The van der Waals surface area contributed by atoms with Crippen molar-refractivity contribution in [1.82, 2.24) is 0 Å². The monoisotopic (exact) mass is 308 g/mol. The van der Waals surface area contributed by atoms with Gasteiger partial charge in [-0.2, -0.15) is 0 Å². The predicted octanol–water partition coefficient (Wildman–Crippen LogP) is 1.18. The molecule has 0 bridgehead atoms. The summed E-state index contributed by atoms with van der Waals surface area (Å²) >= 11 is 0. The summed E-state index contributed by atoms with van der Waals surface area (Å²) in [5.74, 6) is -0.895. The summed E-state index contributed by atoms with van der Waals surface area (Å²) in [4.78, 5) is 22.5. The van der Waals surface area contributed by atoms with Crippen LogP contribution in [-0.2, 0) is 9.53 Å². The lowest BCUT2D eigenvalue weighted by Crippen LogP contribution is -2.30. The van der Waals surface area contributed by atoms with Crippen LogP contribution in [0.4, 0.5) is 0 Å². The van der Waals surface area contributed by atoms with Crippen molar-refractivity contribution in [2.45, 2.75) is 12.8 Å². The van der Waals surface area contributed by atoms with E-state index in [-0.39, 0.29) is 18.1 Å². The number of carbonyl (C=O) groups is 1. The van der Waals surface area contributed by atoms with Crippen LogP contribution in [0.3, 0.4) is 0 Å². The summed E-state index contributed by atoms with van der Waals surface area (Å²) in [6.45, 7) is 1.27. The summed E-state index contributed by atoms with van der Waals surface area (Å²) in [5, 5.41) is 11.0. The fourth-order valence-electron chi connectivity index (χ4n) is 2.31. The van der Waals surface area contributed by atoms with Crippen LogP contribution in [0.5, 0.6) is 11.5 Å². The molecule has 0 aromatic heterocycles. The van der Waals surface area contributed by atoms with Crippen molar-refractivity contribution in [1.29, 1.82) is 0 Å². The number of ether oxygens (including phenoxy) is 3. The van der Waals surface area contributed by atoms with Crippen molar-refractivity contribution in [3.8, 4) is 11.5 Å². The minimum atomic E-state index is -0.854. The van der Waals surface area contributed by atoms with Crippen LogP contribution in [0.25, 0.3) is 0 Å². The highest BCUT2D eigenvalue weighted by molar-refractivity contribution is 5.91. The molecule has 2 N–H and O–H groups in total. The highest BCUT2D eigenvalue weighted by Gasteiger charge is 2.37. The maximum absolute atomic E-state index is 12.1. The van der Waals surface area contributed by atoms with Gasteiger partial charge in [-0.1, -0.05) is 0 Å². The van der Waals surface area contributed by atoms with E-state index >= 15 is 0 Å². The van der Waals surface area contributed by atoms with Gasteiger partial charge >= 0.3 is 5.97 Å². The third-order valence-electron chi connectivity index (χ3n) is 3.25. The van der Waals surface area contributed by atoms with Gasteiger partial charge in [0.15, 0.2) is 0 Å². The van der Waals surface area contributed by atoms with Gasteiger partial charge < -0.3 is 19.9 Å². The molecule has 0 fully saturated rings. The minimum Gasteiger partial charge on any atom is -0.497 e. The quantitative estimate of drug-likeness (QED) is 0.493. The van der Waals surface area contributed by atoms with Crippen LogP contribution in [0.15, 0.2) is 29.7 Å². The first kappa shape index (κ1) is 15.6. The summed E-state index contributed by atoms with van der Waals surface area (Å²) in [5.41, 5.74) is 6.19. The van der Waals surface area contributed by atoms with Gasteiger partial charge in [0.1, 0.15) is 17.1 Å². The highest BCUT2D eigenvalue weighted by atomic mass is 16.6. The van der Waals surface area contributed by atoms with Crippen molar-refractivity contribution in [2.75, 3.05) is 20.3 Å². The van der Waals surface area contributed by atoms with E-state index in [0.29, 0.717) is 17.1 Å². The summed E-state index contributed by atoms with van der Waals surface area (Å²) in [7, 11) is 1.48. The zero-order valence-corrected chi connectivity index (χ0v) is 12.2. The fraction of sp³-hybridized carbons (Fsp3) is 0.357. The number of rotatable bonds is 5. The molecular formula is C14H16N2O6. The van der Waals surface area contributed by atoms with E-state index in [4.69, 9.17) is 19.9 Å². The molecule has 118 valence electrons. The average Bonchev–Trinajstić information content (AvgIpc) is 2.46. The predicted molar refractivity (Wildman–Crippen MR) is 76.1 cm³/mol. The van der Waals surface area contributed by atoms with E-state index < -0.39 is 23.4 Å². The largest absolute Gasteiger partial charge is 0.497 e. The molecule has 1 aliphatic rings. The minimum absolute atomic E-state index is 0.0423. The average molecular weight is 308 g/mol. The zero-order chi connectivity index (χ0) is 16.3. The van der Waals surface area contributed by atoms with E-state index in [2.05, 4.69) is 0 Å². The van der Waals surface area contributed by atoms with Crippen molar-refractivity contribution >= 4 is 5.97 Å². The van der Waals surface area contributed by atoms with Crippen LogP contribution in [0.2, 0.25) is 0 Å². The Balaban J connectivity index is 2.52. The Morgan fingerprint density at radius 2 is 2.23 bits per heavy atom. The molecule has 1 aromatic carbocycles. The number of nitrogens with two attached hydrogens (primary N) is 1. The Hall–Kier alpha value is -2.77. The third-order valence-corrected chi connectivity index (χ3v) is 3.25. The van der Waals surface area contributed by atoms with E-state index in [1.165, 1.54) is 7.11 Å². The first-order valence-electron chi connectivity index (χ1n) is 6.62. The second-order valence-corrected chi connectivity index (χ2v) is 4.57. The molecule has 1 aliphatic heterocycles. The molecule has 1 atom stereocenters. The molecule has 8 nitrogen and oxygen atoms in total. The summed E-state index contributed by atoms with van der Waals surface area (Å²) in [6, 6.07) is 4.83. The highest BCUT2D eigenvalue weighted by Crippen LogP contribution is 2.40. The Morgan fingerprint density at radius 3 is 2.82 bits per heavy atom. The molecule has 8 heteroatoms. The van der Waals surface area contributed by atoms with Crippen LogP contribution in [0.1, 0.15) is 18.4 Å². The Labute approximate surface area is 126 Å². The van der Waals surface area contributed by atoms with Crippen LogP contribution >= 0.6 is 0 Å². The number of hydrogen-bond donors (Lipinski definition) is 1. The molecule has 0 unspecified atom stereocenters. The molecule has 22 heavy (non-hydrogen) atoms. The van der Waals surface area contributed by atoms with Gasteiger partial charge in [-0.25, -0.2) is 4.79 Å². The lowest BCUT2D eigenvalue weighted by molar-refractivity contribution is -0.482. The maximum Gasteiger partial charge on any atom is 0.340 e. The summed E-state index contributed by atoms with van der Waals surface area (Å²) < 4.78 is 15.4. The molecule has 0 saturated carbocycles. The first-order valence-corrected chi connectivity index (χ1v) is 6.62. The smallest absolute Gasteiger partial charge is 0.340 e. The number of nitro groups is 1. The standard InChI is InChI=1S/C14H16N2O6/c1-3-21-14(17)12-10(7-16(18)19)9-6-8(20-2)4-5-11(9)22-13(12)15/h4-6,10H,3,7,15H2,1-2H3/t10-/m1/s1. The lowest BCUT2D eigenvalue weighted by Gasteiger charge is -2.26. The van der Waals surface area contributed by atoms with Crippen LogP contribution in [-0.4, -0.2) is 31.2 Å². The Morgan fingerprint density at radius 1 is 1.50 bits per heavy atom. The van der Waals surface area contributed by atoms with Gasteiger partial charge in [-0.15, -0.1) is 0 Å². The van der Waals surface area contributed by atoms with Crippen molar-refractivity contribution in [3.63, 3.8) is 0 Å². The van der Waals surface area contributed by atoms with Gasteiger partial charge in [0.25, 0.3) is 0 Å². The van der Waals surface area contributed by atoms with E-state index in [1.54, 1.807) is 25.1 Å². The second-order valence-electron chi connectivity index (χ2n) is 4.57. The Kier molecular flexibility index (Phi) is 4.50. The molecule has 0 radical (unpaired) electrons. The zero-order valence-electron chi connectivity index (χ0n) is 12.2. The molecule has 0 saturated heterocycles. The number of methoxy groups -OCH3 is 1. The van der Waals surface area contributed by atoms with E-state index in [0.717, 1.165) is 0 Å². The number of hydrogen-bond acceptors (Lipinski definition) is 7. The number of nitrogens with zero attached hydrogens (tertiary/aromatic N) is 1. The maximum atomic E-state index is 12.1. The fourth-order valence-corrected chi connectivity index (χ4v) is 2.31. The number of fused-ring (bicyclic) bond motifs is 1. The molecule has 0 spiro atoms. The van der Waals surface area contributed by atoms with Crippen LogP contribution < -0.4 is 15.2 Å². The van der Waals surface area contributed by atoms with Gasteiger partial charge in [-0.05, 0) is 25.1 Å². The number of benzene rings is 1. The molecule has 1 heterocycles. The third kappa shape index (κ3) is 2.95. The first-order chi connectivity index (χ1) is 10.5. The van der Waals surface area contributed by atoms with Crippen molar-refractivity contribution in [2.24, 2.45) is 5.73 Å². The molecule has 0 amide bonds. The second kappa shape index (κ2) is 6.33. The molecule has 1 aromatic rings. The normalized spacial score (nSPS) is 16.5. The van der Waals surface area contributed by atoms with Crippen molar-refractivity contribution in [3.05, 3.63) is 45.3 Å². The van der Waals surface area contributed by atoms with Crippen LogP contribution in [0, 0.1) is 10.1 Å². The van der Waals surface area contributed by atoms with Gasteiger partial charge in [0.2, 0.25) is 12.4 Å². The molecular weight excluding hydrogens is 292 g/mol. The summed E-state index contributed by atoms with van der Waals surface area (Å²) in [6.07, 6.45) is 0. The molecule has 2 rings (SSSR count). The van der Waals surface area contributed by atoms with Gasteiger partial charge in [-0.3, -0.25) is 10.1 Å². The SMILES string of the molecule is CCOC(=O)C1=C(N)Oc2ccc(OC)cc2[C@H]1C[N+](=O)[O-]. The van der Waals surface area contributed by atoms with E-state index in [1.807, 2.05) is 0 Å². The van der Waals surface area contributed by atoms with E-state index in [9.17, 15) is 14.9 Å². The topological polar surface area (TPSA) is 114 Å². The lowest BCUT2D eigenvalue weighted by atomic mass is 9.88. The van der Waals surface area contributed by atoms with Gasteiger partial charge in [0, 0.05) is 10.5 Å². The molecule has 0 aliphatic carbocycles. The van der Waals surface area contributed by atoms with Gasteiger partial charge in [0.05, 0.1) is 19.6 Å².